The molecule has 0 fully saturated rings. The lowest BCUT2D eigenvalue weighted by atomic mass is 10.0. The van der Waals surface area contributed by atoms with Crippen LogP contribution in [0.25, 0.3) is 20.9 Å². The summed E-state index contributed by atoms with van der Waals surface area (Å²) in [7, 11) is 0. The van der Waals surface area contributed by atoms with E-state index in [0.29, 0.717) is 22.5 Å². The maximum absolute atomic E-state index is 12.2. The van der Waals surface area contributed by atoms with E-state index in [1.165, 1.54) is 0 Å². The molecule has 20 heavy (non-hydrogen) atoms. The fourth-order valence-corrected chi connectivity index (χ4v) is 1.63. The van der Waals surface area contributed by atoms with E-state index in [4.69, 9.17) is 11.1 Å². The van der Waals surface area contributed by atoms with Crippen molar-refractivity contribution < 1.29 is 4.79 Å². The Morgan fingerprint density at radius 1 is 0.750 bits per heavy atom. The van der Waals surface area contributed by atoms with Crippen molar-refractivity contribution in [1.29, 1.82) is 0 Å². The van der Waals surface area contributed by atoms with Gasteiger partial charge in [-0.05, 0) is 11.1 Å². The third-order valence-electron chi connectivity index (χ3n) is 2.58. The Morgan fingerprint density at radius 2 is 1.10 bits per heavy atom. The molecule has 0 aliphatic rings. The van der Waals surface area contributed by atoms with Crippen LogP contribution in [0.15, 0.2) is 58.8 Å². The van der Waals surface area contributed by atoms with Crippen LogP contribution in [-0.4, -0.2) is 5.78 Å². The molecule has 0 spiro atoms. The molecular formula is C13H8N6O. The smallest absolute Gasteiger partial charge is 0.193 e. The average Bonchev–Trinajstić information content (AvgIpc) is 2.49. The van der Waals surface area contributed by atoms with Crippen LogP contribution in [-0.2, 0) is 0 Å². The molecule has 2 rings (SSSR count). The summed E-state index contributed by atoms with van der Waals surface area (Å²) in [6.45, 7) is 0. The molecule has 0 amide bonds. The summed E-state index contributed by atoms with van der Waals surface area (Å²) in [5.41, 5.74) is 18.5. The van der Waals surface area contributed by atoms with Gasteiger partial charge in [-0.3, -0.25) is 4.79 Å². The maximum Gasteiger partial charge on any atom is 0.193 e. The lowest BCUT2D eigenvalue weighted by Gasteiger charge is -2.02. The van der Waals surface area contributed by atoms with Gasteiger partial charge in [0.05, 0.1) is 0 Å². The zero-order valence-corrected chi connectivity index (χ0v) is 10.2. The summed E-state index contributed by atoms with van der Waals surface area (Å²) in [6, 6.07) is 12.6. The minimum absolute atomic E-state index is 0.162. The van der Waals surface area contributed by atoms with Gasteiger partial charge in [-0.15, -0.1) is 0 Å². The van der Waals surface area contributed by atoms with Gasteiger partial charge in [0, 0.05) is 32.3 Å². The van der Waals surface area contributed by atoms with Crippen molar-refractivity contribution >= 4 is 17.2 Å². The first-order valence-electron chi connectivity index (χ1n) is 5.59. The number of benzene rings is 2. The second-order valence-electron chi connectivity index (χ2n) is 3.80. The summed E-state index contributed by atoms with van der Waals surface area (Å²) < 4.78 is 0. The monoisotopic (exact) mass is 264 g/mol. The first-order valence-corrected chi connectivity index (χ1v) is 5.59. The van der Waals surface area contributed by atoms with Gasteiger partial charge in [0.1, 0.15) is 0 Å². The highest BCUT2D eigenvalue weighted by atomic mass is 16.1. The number of carbonyl (C=O) groups is 1. The minimum atomic E-state index is -0.162. The van der Waals surface area contributed by atoms with E-state index in [1.807, 2.05) is 0 Å². The van der Waals surface area contributed by atoms with Crippen molar-refractivity contribution in [2.75, 3.05) is 0 Å². The number of ketones is 1. The Labute approximate surface area is 113 Å². The van der Waals surface area contributed by atoms with Gasteiger partial charge in [-0.2, -0.15) is 0 Å². The fraction of sp³-hybridized carbons (Fsp3) is 0. The normalized spacial score (nSPS) is 9.20. The van der Waals surface area contributed by atoms with Crippen molar-refractivity contribution in [3.63, 3.8) is 0 Å². The van der Waals surface area contributed by atoms with Crippen LogP contribution >= 0.6 is 0 Å². The zero-order chi connectivity index (χ0) is 14.4. The van der Waals surface area contributed by atoms with E-state index in [1.54, 1.807) is 48.5 Å². The Hall–Kier alpha value is -3.27. The molecule has 0 heterocycles. The molecule has 0 saturated carbocycles. The van der Waals surface area contributed by atoms with Gasteiger partial charge >= 0.3 is 0 Å². The molecule has 0 aliphatic carbocycles. The second kappa shape index (κ2) is 6.06. The molecule has 96 valence electrons. The summed E-state index contributed by atoms with van der Waals surface area (Å²) >= 11 is 0. The zero-order valence-electron chi connectivity index (χ0n) is 10.2. The summed E-state index contributed by atoms with van der Waals surface area (Å²) in [4.78, 5) is 17.5. The highest BCUT2D eigenvalue weighted by Gasteiger charge is 2.08. The summed E-state index contributed by atoms with van der Waals surface area (Å²) in [5, 5.41) is 6.87. The number of carbonyl (C=O) groups excluding carboxylic acids is 1. The SMILES string of the molecule is [N-]=[N+]=Nc1ccc(C(=O)c2ccc(N=[N+]=[N-])cc2)cc1. The number of hydrogen-bond acceptors (Lipinski definition) is 3. The Morgan fingerprint density at radius 3 is 1.40 bits per heavy atom. The fourth-order valence-electron chi connectivity index (χ4n) is 1.63. The second-order valence-corrected chi connectivity index (χ2v) is 3.80. The van der Waals surface area contributed by atoms with E-state index in [2.05, 4.69) is 20.1 Å². The van der Waals surface area contributed by atoms with Crippen LogP contribution in [0.3, 0.4) is 0 Å². The summed E-state index contributed by atoms with van der Waals surface area (Å²) in [5.74, 6) is -0.162. The molecule has 0 unspecified atom stereocenters. The van der Waals surface area contributed by atoms with E-state index in [0.717, 1.165) is 0 Å². The van der Waals surface area contributed by atoms with Crippen molar-refractivity contribution in [3.05, 3.63) is 80.5 Å². The third kappa shape index (κ3) is 2.94. The molecule has 0 saturated heterocycles. The van der Waals surface area contributed by atoms with Gasteiger partial charge in [-0.25, -0.2) is 0 Å². The van der Waals surface area contributed by atoms with Crippen molar-refractivity contribution in [2.45, 2.75) is 0 Å². The number of nitrogens with zero attached hydrogens (tertiary/aromatic N) is 6. The minimum Gasteiger partial charge on any atom is -0.289 e. The molecule has 0 N–H and O–H groups in total. The van der Waals surface area contributed by atoms with Crippen molar-refractivity contribution in [2.24, 2.45) is 10.2 Å². The van der Waals surface area contributed by atoms with Crippen LogP contribution < -0.4 is 0 Å². The average molecular weight is 264 g/mol. The molecule has 0 aromatic heterocycles. The molecule has 0 atom stereocenters. The summed E-state index contributed by atoms with van der Waals surface area (Å²) in [6.07, 6.45) is 0. The molecular weight excluding hydrogens is 256 g/mol. The van der Waals surface area contributed by atoms with Gasteiger partial charge in [-0.1, -0.05) is 58.8 Å². The Kier molecular flexibility index (Phi) is 3.99. The van der Waals surface area contributed by atoms with Crippen molar-refractivity contribution in [1.82, 2.24) is 0 Å². The maximum atomic E-state index is 12.2. The molecule has 0 bridgehead atoms. The molecule has 2 aromatic rings. The number of hydrogen-bond donors (Lipinski definition) is 0. The molecule has 2 aromatic carbocycles. The van der Waals surface area contributed by atoms with Gasteiger partial charge in [0.25, 0.3) is 0 Å². The predicted octanol–water partition coefficient (Wildman–Crippen LogP) is 4.80. The van der Waals surface area contributed by atoms with Crippen molar-refractivity contribution in [3.8, 4) is 0 Å². The molecule has 7 heteroatoms. The molecule has 0 aliphatic heterocycles. The highest BCUT2D eigenvalue weighted by Crippen LogP contribution is 2.18. The quantitative estimate of drug-likeness (QED) is 0.335. The van der Waals surface area contributed by atoms with Gasteiger partial charge < -0.3 is 0 Å². The van der Waals surface area contributed by atoms with Crippen LogP contribution in [0.5, 0.6) is 0 Å². The van der Waals surface area contributed by atoms with E-state index in [9.17, 15) is 4.79 Å². The van der Waals surface area contributed by atoms with E-state index >= 15 is 0 Å². The highest BCUT2D eigenvalue weighted by molar-refractivity contribution is 6.09. The van der Waals surface area contributed by atoms with Crippen LogP contribution in [0.1, 0.15) is 15.9 Å². The first kappa shape index (κ1) is 13.2. The number of azide groups is 2. The molecule has 7 nitrogen and oxygen atoms in total. The number of rotatable bonds is 4. The molecule has 0 radical (unpaired) electrons. The third-order valence-corrected chi connectivity index (χ3v) is 2.58. The van der Waals surface area contributed by atoms with Crippen LogP contribution in [0.4, 0.5) is 11.4 Å². The lowest BCUT2D eigenvalue weighted by Crippen LogP contribution is -2.00. The topological polar surface area (TPSA) is 115 Å². The van der Waals surface area contributed by atoms with E-state index < -0.39 is 0 Å². The van der Waals surface area contributed by atoms with Gasteiger partial charge in [0.2, 0.25) is 0 Å². The lowest BCUT2D eigenvalue weighted by molar-refractivity contribution is 0.103. The van der Waals surface area contributed by atoms with E-state index in [-0.39, 0.29) is 5.78 Å². The van der Waals surface area contributed by atoms with Crippen LogP contribution in [0, 0.1) is 0 Å². The first-order chi connectivity index (χ1) is 9.74. The Balaban J connectivity index is 2.26. The standard InChI is InChI=1S/C13H8N6O/c14-18-16-11-5-1-9(2-6-11)13(20)10-3-7-12(8-4-10)17-19-15/h1-8H. The predicted molar refractivity (Wildman–Crippen MR) is 73.9 cm³/mol. The Bertz CT molecular complexity index is 659. The van der Waals surface area contributed by atoms with Gasteiger partial charge in [0.15, 0.2) is 5.78 Å². The largest absolute Gasteiger partial charge is 0.289 e. The van der Waals surface area contributed by atoms with Crippen LogP contribution in [0.2, 0.25) is 0 Å².